The molecule has 0 saturated carbocycles. The highest BCUT2D eigenvalue weighted by atomic mass is 35.5. The number of carbonyl (C=O) groups excluding carboxylic acids is 3. The molecule has 0 unspecified atom stereocenters. The number of rotatable bonds is 7. The Morgan fingerprint density at radius 1 is 1.06 bits per heavy atom. The van der Waals surface area contributed by atoms with Crippen LogP contribution in [0.4, 0.5) is 10.5 Å². The quantitative estimate of drug-likeness (QED) is 0.385. The minimum atomic E-state index is -0.340. The molecule has 0 bridgehead atoms. The molecule has 1 aliphatic heterocycles. The second-order valence-electron chi connectivity index (χ2n) is 8.09. The first kappa shape index (κ1) is 24.6. The number of amides is 3. The van der Waals surface area contributed by atoms with Gasteiger partial charge >= 0.3 is 0 Å². The number of hydrogen-bond donors (Lipinski definition) is 1. The molecule has 3 amide bonds. The zero-order valence-corrected chi connectivity index (χ0v) is 20.8. The SMILES string of the molecule is Cc1cccc(NC(=O)COc2ccc(/C=C3\SC(=O)N(Cc4ccccc4C)C3=O)cc2Cl)c1. The summed E-state index contributed by atoms with van der Waals surface area (Å²) in [5.41, 5.74) is 4.32. The Kier molecular flexibility index (Phi) is 7.58. The lowest BCUT2D eigenvalue weighted by Crippen LogP contribution is -2.27. The van der Waals surface area contributed by atoms with Gasteiger partial charge < -0.3 is 10.1 Å². The highest BCUT2D eigenvalue weighted by Crippen LogP contribution is 2.35. The monoisotopic (exact) mass is 506 g/mol. The molecular weight excluding hydrogens is 484 g/mol. The standard InChI is InChI=1S/C27H23ClN2O4S/c1-17-6-5-9-21(12-17)29-25(31)16-34-23-11-10-19(13-22(23)28)14-24-26(32)30(27(33)35-24)15-20-8-4-3-7-18(20)2/h3-14H,15-16H2,1-2H3,(H,29,31)/b24-14-. The Bertz CT molecular complexity index is 1340. The Hall–Kier alpha value is -3.55. The van der Waals surface area contributed by atoms with Crippen LogP contribution in [0, 0.1) is 13.8 Å². The van der Waals surface area contributed by atoms with Gasteiger partial charge in [0.05, 0.1) is 16.5 Å². The predicted molar refractivity (Wildman–Crippen MR) is 139 cm³/mol. The van der Waals surface area contributed by atoms with Crippen LogP contribution >= 0.6 is 23.4 Å². The molecule has 0 radical (unpaired) electrons. The average molecular weight is 507 g/mol. The molecule has 1 aliphatic rings. The molecule has 3 aromatic carbocycles. The Morgan fingerprint density at radius 2 is 1.86 bits per heavy atom. The van der Waals surface area contributed by atoms with E-state index >= 15 is 0 Å². The molecule has 1 heterocycles. The van der Waals surface area contributed by atoms with Gasteiger partial charge in [-0.3, -0.25) is 19.3 Å². The Labute approximate surface area is 212 Å². The number of thioether (sulfide) groups is 1. The number of benzene rings is 3. The number of imide groups is 1. The van der Waals surface area contributed by atoms with Gasteiger partial charge in [-0.2, -0.15) is 0 Å². The maximum Gasteiger partial charge on any atom is 0.293 e. The van der Waals surface area contributed by atoms with Crippen LogP contribution in [0.1, 0.15) is 22.3 Å². The van der Waals surface area contributed by atoms with Crippen LogP contribution in [0.5, 0.6) is 5.75 Å². The molecule has 0 atom stereocenters. The van der Waals surface area contributed by atoms with E-state index in [1.165, 1.54) is 4.90 Å². The molecule has 6 nitrogen and oxygen atoms in total. The molecule has 1 saturated heterocycles. The summed E-state index contributed by atoms with van der Waals surface area (Å²) in [5, 5.41) is 2.76. The number of nitrogens with zero attached hydrogens (tertiary/aromatic N) is 1. The highest BCUT2D eigenvalue weighted by Gasteiger charge is 2.35. The third-order valence-corrected chi connectivity index (χ3v) is 6.58. The Balaban J connectivity index is 1.39. The van der Waals surface area contributed by atoms with Crippen molar-refractivity contribution >= 4 is 52.2 Å². The van der Waals surface area contributed by atoms with E-state index in [4.69, 9.17) is 16.3 Å². The predicted octanol–water partition coefficient (Wildman–Crippen LogP) is 6.21. The zero-order valence-electron chi connectivity index (χ0n) is 19.2. The second-order valence-corrected chi connectivity index (χ2v) is 9.49. The molecule has 3 aromatic rings. The summed E-state index contributed by atoms with van der Waals surface area (Å²) < 4.78 is 5.56. The highest BCUT2D eigenvalue weighted by molar-refractivity contribution is 8.18. The second kappa shape index (κ2) is 10.8. The van der Waals surface area contributed by atoms with Gasteiger partial charge in [0, 0.05) is 5.69 Å². The van der Waals surface area contributed by atoms with Gasteiger partial charge in [0.25, 0.3) is 17.1 Å². The van der Waals surface area contributed by atoms with Gasteiger partial charge in [-0.05, 0) is 78.2 Å². The molecule has 1 fully saturated rings. The van der Waals surface area contributed by atoms with E-state index in [2.05, 4.69) is 5.32 Å². The van der Waals surface area contributed by atoms with Crippen LogP contribution in [0.3, 0.4) is 0 Å². The largest absolute Gasteiger partial charge is 0.482 e. The first-order valence-electron chi connectivity index (χ1n) is 10.9. The van der Waals surface area contributed by atoms with Gasteiger partial charge in [0.15, 0.2) is 6.61 Å². The van der Waals surface area contributed by atoms with Crippen molar-refractivity contribution in [1.29, 1.82) is 0 Å². The van der Waals surface area contributed by atoms with Crippen molar-refractivity contribution in [2.75, 3.05) is 11.9 Å². The fourth-order valence-corrected chi connectivity index (χ4v) is 4.61. The average Bonchev–Trinajstić information content (AvgIpc) is 3.07. The summed E-state index contributed by atoms with van der Waals surface area (Å²) in [7, 11) is 0. The van der Waals surface area contributed by atoms with Crippen LogP contribution in [0.2, 0.25) is 5.02 Å². The maximum atomic E-state index is 12.9. The molecule has 0 spiro atoms. The minimum Gasteiger partial charge on any atom is -0.482 e. The van der Waals surface area contributed by atoms with Crippen LogP contribution in [-0.4, -0.2) is 28.6 Å². The first-order chi connectivity index (χ1) is 16.8. The maximum absolute atomic E-state index is 12.9. The number of aryl methyl sites for hydroxylation is 2. The normalized spacial score (nSPS) is 14.5. The van der Waals surface area contributed by atoms with Crippen molar-refractivity contribution in [3.05, 3.63) is 98.9 Å². The topological polar surface area (TPSA) is 75.7 Å². The van der Waals surface area contributed by atoms with Crippen molar-refractivity contribution in [3.63, 3.8) is 0 Å². The number of nitrogens with one attached hydrogen (secondary N) is 1. The molecule has 4 rings (SSSR count). The summed E-state index contributed by atoms with van der Waals surface area (Å²) in [6.07, 6.45) is 1.63. The van der Waals surface area contributed by atoms with Crippen molar-refractivity contribution in [1.82, 2.24) is 4.90 Å². The van der Waals surface area contributed by atoms with Crippen LogP contribution in [0.25, 0.3) is 6.08 Å². The summed E-state index contributed by atoms with van der Waals surface area (Å²) in [4.78, 5) is 39.1. The molecule has 0 aromatic heterocycles. The smallest absolute Gasteiger partial charge is 0.293 e. The van der Waals surface area contributed by atoms with Gasteiger partial charge in [0.2, 0.25) is 0 Å². The zero-order chi connectivity index (χ0) is 24.9. The van der Waals surface area contributed by atoms with Crippen LogP contribution in [0.15, 0.2) is 71.6 Å². The van der Waals surface area contributed by atoms with E-state index in [-0.39, 0.29) is 30.2 Å². The number of hydrogen-bond acceptors (Lipinski definition) is 5. The number of anilines is 1. The van der Waals surface area contributed by atoms with Crippen molar-refractivity contribution in [3.8, 4) is 5.75 Å². The number of halogens is 1. The van der Waals surface area contributed by atoms with Crippen molar-refractivity contribution in [2.24, 2.45) is 0 Å². The molecule has 1 N–H and O–H groups in total. The molecule has 178 valence electrons. The summed E-state index contributed by atoms with van der Waals surface area (Å²) in [6.45, 7) is 3.91. The fourth-order valence-electron chi connectivity index (χ4n) is 3.53. The third-order valence-electron chi connectivity index (χ3n) is 5.38. The molecule has 35 heavy (non-hydrogen) atoms. The van der Waals surface area contributed by atoms with E-state index in [1.807, 2.05) is 56.3 Å². The van der Waals surface area contributed by atoms with Crippen LogP contribution < -0.4 is 10.1 Å². The number of carbonyl (C=O) groups is 3. The lowest BCUT2D eigenvalue weighted by molar-refractivity contribution is -0.123. The molecule has 0 aliphatic carbocycles. The first-order valence-corrected chi connectivity index (χ1v) is 12.1. The van der Waals surface area contributed by atoms with Crippen molar-refractivity contribution in [2.45, 2.75) is 20.4 Å². The lowest BCUT2D eigenvalue weighted by atomic mass is 10.1. The fraction of sp³-hybridized carbons (Fsp3) is 0.148. The summed E-state index contributed by atoms with van der Waals surface area (Å²) in [5.74, 6) is -0.304. The third kappa shape index (κ3) is 6.12. The van der Waals surface area contributed by atoms with E-state index < -0.39 is 0 Å². The van der Waals surface area contributed by atoms with Gasteiger partial charge in [-0.25, -0.2) is 0 Å². The van der Waals surface area contributed by atoms with Gasteiger partial charge in [0.1, 0.15) is 5.75 Å². The van der Waals surface area contributed by atoms with Crippen molar-refractivity contribution < 1.29 is 19.1 Å². The summed E-state index contributed by atoms with van der Waals surface area (Å²) >= 11 is 7.24. The minimum absolute atomic E-state index is 0.204. The van der Waals surface area contributed by atoms with E-state index in [1.54, 1.807) is 30.3 Å². The van der Waals surface area contributed by atoms with Crippen LogP contribution in [-0.2, 0) is 16.1 Å². The Morgan fingerprint density at radius 3 is 2.60 bits per heavy atom. The van der Waals surface area contributed by atoms with E-state index in [0.717, 1.165) is 28.5 Å². The lowest BCUT2D eigenvalue weighted by Gasteiger charge is -2.14. The van der Waals surface area contributed by atoms with E-state index in [0.29, 0.717) is 26.9 Å². The van der Waals surface area contributed by atoms with Gasteiger partial charge in [-0.1, -0.05) is 54.1 Å². The van der Waals surface area contributed by atoms with E-state index in [9.17, 15) is 14.4 Å². The summed E-state index contributed by atoms with van der Waals surface area (Å²) in [6, 6.07) is 20.1. The number of ether oxygens (including phenoxy) is 1. The molecule has 8 heteroatoms. The van der Waals surface area contributed by atoms with Gasteiger partial charge in [-0.15, -0.1) is 0 Å². The molecular formula is C27H23ClN2O4S.